The Morgan fingerprint density at radius 3 is 1.00 bits per heavy atom. The largest absolute Gasteiger partial charge is 0.479 e. The van der Waals surface area contributed by atoms with Crippen molar-refractivity contribution in [1.82, 2.24) is 5.32 Å². The van der Waals surface area contributed by atoms with Gasteiger partial charge in [0.1, 0.15) is 0 Å². The number of hydrogen-bond donors (Lipinski definition) is 2. The van der Waals surface area contributed by atoms with Crippen LogP contribution in [0.3, 0.4) is 0 Å². The molecule has 8 bridgehead atoms. The van der Waals surface area contributed by atoms with Gasteiger partial charge < -0.3 is 60.4 Å². The fraction of sp³-hybridized carbons (Fsp3) is 1.00. The van der Waals surface area contributed by atoms with Gasteiger partial charge in [0.25, 0.3) is 0 Å². The minimum atomic E-state index is -3.86. The molecule has 22 heteroatoms. The van der Waals surface area contributed by atoms with Gasteiger partial charge in [-0.2, -0.15) is 0 Å². The molecular formula is C29H68N2O12Si8. The van der Waals surface area contributed by atoms with Gasteiger partial charge in [-0.05, 0) is 48.5 Å². The van der Waals surface area contributed by atoms with Crippen LogP contribution in [0.5, 0.6) is 0 Å². The molecular weight excluding hydrogens is 793 g/mol. The molecule has 51 heavy (non-hydrogen) atoms. The van der Waals surface area contributed by atoms with Crippen LogP contribution in [0, 0.1) is 35.5 Å². The first-order valence-corrected chi connectivity index (χ1v) is 34.4. The summed E-state index contributed by atoms with van der Waals surface area (Å²) >= 11 is 0. The van der Waals surface area contributed by atoms with Crippen LogP contribution in [0.15, 0.2) is 0 Å². The molecule has 0 aromatic rings. The molecule has 6 aliphatic rings. The van der Waals surface area contributed by atoms with Gasteiger partial charge in [0.15, 0.2) is 0 Å². The quantitative estimate of drug-likeness (QED) is 0.134. The maximum atomic E-state index is 7.67. The molecule has 298 valence electrons. The third-order valence-electron chi connectivity index (χ3n) is 8.73. The van der Waals surface area contributed by atoms with E-state index in [0.717, 1.165) is 0 Å². The predicted molar refractivity (Wildman–Crippen MR) is 210 cm³/mol. The molecule has 6 aliphatic heterocycles. The Hall–Kier alpha value is 1.18. The van der Waals surface area contributed by atoms with Crippen molar-refractivity contribution in [2.24, 2.45) is 41.2 Å². The Balaban J connectivity index is 1.84. The molecule has 0 aromatic carbocycles. The smallest absolute Gasteiger partial charge is 0.376 e. The van der Waals surface area contributed by atoms with Crippen LogP contribution in [-0.2, 0) is 49.4 Å². The highest BCUT2D eigenvalue weighted by Crippen LogP contribution is 2.53. The Morgan fingerprint density at radius 1 is 0.412 bits per heavy atom. The zero-order chi connectivity index (χ0) is 37.5. The molecule has 0 spiro atoms. The summed E-state index contributed by atoms with van der Waals surface area (Å²) in [6, 6.07) is 3.49. The topological polar surface area (TPSA) is 149 Å². The molecule has 0 radical (unpaired) electrons. The standard InChI is InChI=1S/C29H68N2O12Si8/c1-24(2)18-46-32-44-33-47(19-25(3)4)36-45(35-46,17-13-15-31-16-14-30)37-49(21-27(7)8)42-50(38-46,22-28(9)10)40-48(34-44,20-26(5)6)41-51(39-47,43-49)23-29(11)12/h24-29,31,44H,13-23,30H2,1-12H3/t44?,45?,46-,47?,48?,49?,50?,51?/m1/s1. The maximum absolute atomic E-state index is 7.67. The molecule has 0 aliphatic carbocycles. The lowest BCUT2D eigenvalue weighted by molar-refractivity contribution is -0.0259. The summed E-state index contributed by atoms with van der Waals surface area (Å²) in [4.78, 5) is 0. The first-order chi connectivity index (χ1) is 23.7. The average molecular weight is 862 g/mol. The lowest BCUT2D eigenvalue weighted by Crippen LogP contribution is -2.87. The van der Waals surface area contributed by atoms with Crippen molar-refractivity contribution in [2.75, 3.05) is 19.6 Å². The monoisotopic (exact) mass is 860 g/mol. The van der Waals surface area contributed by atoms with Gasteiger partial charge >= 0.3 is 71.2 Å². The molecule has 0 amide bonds. The Kier molecular flexibility index (Phi) is 14.1. The van der Waals surface area contributed by atoms with E-state index >= 15 is 0 Å². The SMILES string of the molecule is CC(C)C[Si]12O[SiH]3O[Si]4(CC(C)C)O[Si](CC(C)C)(O1)O[Si]1(CC(C)C)O[Si](CCCNCCN)(O2)O[Si@@](CC(C)C)(O3)O[Si](CC(C)C)(O4)O1. The summed E-state index contributed by atoms with van der Waals surface area (Å²) in [6.45, 7) is 27.8. The highest BCUT2D eigenvalue weighted by molar-refractivity contribution is 7.01. The zero-order valence-corrected chi connectivity index (χ0v) is 41.5. The molecule has 6 saturated heterocycles. The van der Waals surface area contributed by atoms with Crippen LogP contribution >= 0.6 is 0 Å². The fourth-order valence-corrected chi connectivity index (χ4v) is 56.0. The summed E-state index contributed by atoms with van der Waals surface area (Å²) in [5, 5.41) is 3.44. The highest BCUT2D eigenvalue weighted by atomic mass is 28.6. The lowest BCUT2D eigenvalue weighted by Gasteiger charge is -2.62. The van der Waals surface area contributed by atoms with Crippen molar-refractivity contribution in [3.05, 3.63) is 0 Å². The Bertz CT molecular complexity index is 1120. The normalized spacial score (nSPS) is 40.9. The summed E-state index contributed by atoms with van der Waals surface area (Å²) < 4.78 is 90.2. The zero-order valence-electron chi connectivity index (χ0n) is 33.3. The van der Waals surface area contributed by atoms with Crippen LogP contribution in [0.4, 0.5) is 0 Å². The maximum Gasteiger partial charge on any atom is 0.479 e. The molecule has 6 heterocycles. The second kappa shape index (κ2) is 16.6. The van der Waals surface area contributed by atoms with E-state index in [1.165, 1.54) is 0 Å². The van der Waals surface area contributed by atoms with Crippen LogP contribution in [0.2, 0.25) is 42.3 Å². The summed E-state index contributed by atoms with van der Waals surface area (Å²) in [7, 11) is -29.8. The van der Waals surface area contributed by atoms with E-state index in [4.69, 9.17) is 55.1 Å². The lowest BCUT2D eigenvalue weighted by atomic mass is 10.3. The van der Waals surface area contributed by atoms with Crippen LogP contribution in [0.25, 0.3) is 0 Å². The van der Waals surface area contributed by atoms with E-state index in [2.05, 4.69) is 88.4 Å². The summed E-state index contributed by atoms with van der Waals surface area (Å²) in [6.07, 6.45) is 0.703. The molecule has 6 fully saturated rings. The van der Waals surface area contributed by atoms with Crippen molar-refractivity contribution < 1.29 is 49.4 Å². The Labute approximate surface area is 317 Å². The number of hydrogen-bond acceptors (Lipinski definition) is 14. The van der Waals surface area contributed by atoms with Gasteiger partial charge in [-0.15, -0.1) is 0 Å². The third-order valence-corrected chi connectivity index (χ3v) is 46.6. The van der Waals surface area contributed by atoms with E-state index in [9.17, 15) is 0 Å². The van der Waals surface area contributed by atoms with Gasteiger partial charge in [-0.3, -0.25) is 0 Å². The van der Waals surface area contributed by atoms with E-state index < -0.39 is 71.2 Å². The molecule has 7 unspecified atom stereocenters. The van der Waals surface area contributed by atoms with Gasteiger partial charge in [0, 0.05) is 55.4 Å². The van der Waals surface area contributed by atoms with Crippen molar-refractivity contribution >= 4 is 71.2 Å². The van der Waals surface area contributed by atoms with Crippen LogP contribution in [0.1, 0.15) is 89.5 Å². The van der Waals surface area contributed by atoms with Gasteiger partial charge in [0.2, 0.25) is 0 Å². The minimum absolute atomic E-state index is 0.138. The van der Waals surface area contributed by atoms with E-state index in [-0.39, 0.29) is 35.5 Å². The molecule has 6 rings (SSSR count). The third kappa shape index (κ3) is 10.6. The number of nitrogens with two attached hydrogens (primary N) is 1. The van der Waals surface area contributed by atoms with Crippen molar-refractivity contribution in [3.63, 3.8) is 0 Å². The van der Waals surface area contributed by atoms with E-state index in [1.54, 1.807) is 0 Å². The minimum Gasteiger partial charge on any atom is -0.376 e. The highest BCUT2D eigenvalue weighted by Gasteiger charge is 2.81. The van der Waals surface area contributed by atoms with E-state index in [1.807, 2.05) is 0 Å². The summed E-state index contributed by atoms with van der Waals surface area (Å²) in [5.41, 5.74) is 5.82. The number of nitrogens with one attached hydrogen (secondary N) is 1. The first-order valence-electron chi connectivity index (χ1n) is 19.5. The second-order valence-electron chi connectivity index (χ2n) is 17.6. The van der Waals surface area contributed by atoms with Gasteiger partial charge in [0.05, 0.1) is 0 Å². The predicted octanol–water partition coefficient (Wildman–Crippen LogP) is 5.42. The molecule has 0 aromatic heterocycles. The van der Waals surface area contributed by atoms with E-state index in [0.29, 0.717) is 68.4 Å². The molecule has 14 nitrogen and oxygen atoms in total. The Morgan fingerprint density at radius 2 is 0.686 bits per heavy atom. The average Bonchev–Trinajstić information content (AvgIpc) is 2.85. The van der Waals surface area contributed by atoms with Crippen molar-refractivity contribution in [2.45, 2.75) is 132 Å². The molecule has 0 saturated carbocycles. The van der Waals surface area contributed by atoms with Crippen LogP contribution < -0.4 is 11.1 Å². The van der Waals surface area contributed by atoms with Crippen LogP contribution in [-0.4, -0.2) is 90.8 Å². The second-order valence-corrected chi connectivity index (χ2v) is 40.8. The van der Waals surface area contributed by atoms with Gasteiger partial charge in [-0.1, -0.05) is 83.1 Å². The first kappa shape index (κ1) is 43.3. The molecule has 3 N–H and O–H groups in total. The number of rotatable bonds is 18. The van der Waals surface area contributed by atoms with Gasteiger partial charge in [-0.25, -0.2) is 0 Å². The van der Waals surface area contributed by atoms with Crippen molar-refractivity contribution in [3.8, 4) is 0 Å². The fourth-order valence-electron chi connectivity index (χ4n) is 7.68. The summed E-state index contributed by atoms with van der Waals surface area (Å²) in [5.74, 6) is 0.891. The van der Waals surface area contributed by atoms with Crippen molar-refractivity contribution in [1.29, 1.82) is 0 Å². The molecule has 8 atom stereocenters.